The molecule has 0 spiro atoms. The van der Waals surface area contributed by atoms with Gasteiger partial charge in [-0.2, -0.15) is 16.8 Å². The average molecular weight is 474 g/mol. The molecule has 4 N–H and O–H groups in total. The molecule has 0 unspecified atom stereocenters. The van der Waals surface area contributed by atoms with E-state index in [0.717, 1.165) is 11.6 Å². The summed E-state index contributed by atoms with van der Waals surface area (Å²) in [6, 6.07) is 11.2. The zero-order valence-electron chi connectivity index (χ0n) is 18.0. The van der Waals surface area contributed by atoms with Crippen LogP contribution in [0.5, 0.6) is 5.75 Å². The average Bonchev–Trinajstić information content (AvgIpc) is 2.93. The molecule has 2 aromatic carbocycles. The smallest absolute Gasteiger partial charge is 1.00 e. The number of hydrogen-bond donors (Lipinski definition) is 4. The maximum Gasteiger partial charge on any atom is 1.00 e. The first-order valence-corrected chi connectivity index (χ1v) is 10.5. The van der Waals surface area contributed by atoms with Crippen molar-refractivity contribution in [3.63, 3.8) is 0 Å². The van der Waals surface area contributed by atoms with Crippen LogP contribution in [0.25, 0.3) is 5.69 Å². The minimum Gasteiger partial charge on any atom is -1.00 e. The second-order valence-corrected chi connectivity index (χ2v) is 8.67. The summed E-state index contributed by atoms with van der Waals surface area (Å²) in [7, 11) is -9.95. The normalized spacial score (nSPS) is 11.4. The molecule has 0 atom stereocenters. The Bertz CT molecular complexity index is 1330. The van der Waals surface area contributed by atoms with Crippen LogP contribution in [0.3, 0.4) is 0 Å². The number of aromatic nitrogens is 2. The van der Waals surface area contributed by atoms with Crippen LogP contribution in [0.15, 0.2) is 63.1 Å². The molecule has 0 aliphatic heterocycles. The summed E-state index contributed by atoms with van der Waals surface area (Å²) in [5.74, 6) is -0.960. The zero-order valence-corrected chi connectivity index (χ0v) is 21.6. The molecule has 0 saturated carbocycles. The van der Waals surface area contributed by atoms with E-state index in [0.29, 0.717) is 22.5 Å². The minimum atomic E-state index is -5.07. The van der Waals surface area contributed by atoms with Gasteiger partial charge in [0.2, 0.25) is 0 Å². The van der Waals surface area contributed by atoms with Gasteiger partial charge < -0.3 is 7.96 Å². The van der Waals surface area contributed by atoms with Crippen LogP contribution in [0, 0.1) is 0 Å². The van der Waals surface area contributed by atoms with Crippen molar-refractivity contribution >= 4 is 20.2 Å². The van der Waals surface area contributed by atoms with E-state index in [1.807, 2.05) is 6.07 Å². The number of rotatable bonds is 5. The van der Waals surface area contributed by atoms with Crippen LogP contribution < -0.4 is 64.7 Å². The van der Waals surface area contributed by atoms with E-state index in [1.165, 1.54) is 0 Å². The SMILES string of the molecule is O=c1cc(Cc2ccccc2)[nH]n1-c1c(O)cc(S(=O)(=O)O)cc1S(=O)(=O)O.[H-].[H-].[Na+].[Na+]. The van der Waals surface area contributed by atoms with Crippen molar-refractivity contribution in [1.82, 2.24) is 9.78 Å². The summed E-state index contributed by atoms with van der Waals surface area (Å²) in [5.41, 5.74) is -0.225. The quantitative estimate of drug-likeness (QED) is 0.211. The van der Waals surface area contributed by atoms with Crippen LogP contribution in [0.4, 0.5) is 0 Å². The van der Waals surface area contributed by atoms with Crippen molar-refractivity contribution in [2.24, 2.45) is 0 Å². The fourth-order valence-electron chi connectivity index (χ4n) is 2.66. The van der Waals surface area contributed by atoms with E-state index in [2.05, 4.69) is 5.10 Å². The van der Waals surface area contributed by atoms with Crippen LogP contribution in [-0.4, -0.2) is 40.8 Å². The van der Waals surface area contributed by atoms with Crippen LogP contribution >= 0.6 is 0 Å². The maximum atomic E-state index is 12.3. The number of aromatic amines is 1. The first-order valence-electron chi connectivity index (χ1n) is 7.64. The van der Waals surface area contributed by atoms with Gasteiger partial charge in [0.25, 0.3) is 25.8 Å². The van der Waals surface area contributed by atoms with Gasteiger partial charge >= 0.3 is 59.1 Å². The monoisotopic (exact) mass is 474 g/mol. The van der Waals surface area contributed by atoms with Crippen molar-refractivity contribution in [2.75, 3.05) is 0 Å². The molecule has 0 aliphatic carbocycles. The summed E-state index contributed by atoms with van der Waals surface area (Å²) in [4.78, 5) is 10.3. The minimum absolute atomic E-state index is 0. The van der Waals surface area contributed by atoms with E-state index >= 15 is 0 Å². The Labute approximate surface area is 219 Å². The molecule has 3 aromatic rings. The van der Waals surface area contributed by atoms with Crippen LogP contribution in [-0.2, 0) is 26.7 Å². The number of phenols is 1. The third-order valence-corrected chi connectivity index (χ3v) is 5.54. The van der Waals surface area contributed by atoms with E-state index in [1.54, 1.807) is 24.3 Å². The summed E-state index contributed by atoms with van der Waals surface area (Å²) in [5, 5.41) is 12.8. The second kappa shape index (κ2) is 10.1. The first kappa shape index (κ1) is 27.1. The van der Waals surface area contributed by atoms with Gasteiger partial charge in [-0.1, -0.05) is 30.3 Å². The molecule has 0 aliphatic rings. The Hall–Kier alpha value is -0.930. The molecule has 0 saturated heterocycles. The zero-order chi connectivity index (χ0) is 20.7. The van der Waals surface area contributed by atoms with Gasteiger partial charge in [-0.05, 0) is 11.6 Å². The molecule has 30 heavy (non-hydrogen) atoms. The van der Waals surface area contributed by atoms with E-state index in [-0.39, 0.29) is 68.4 Å². The Morgan fingerprint density at radius 1 is 0.933 bits per heavy atom. The van der Waals surface area contributed by atoms with Crippen LogP contribution in [0.1, 0.15) is 14.1 Å². The molecule has 10 nitrogen and oxygen atoms in total. The number of benzene rings is 2. The predicted octanol–water partition coefficient (Wildman–Crippen LogP) is -4.81. The van der Waals surface area contributed by atoms with Crippen molar-refractivity contribution in [3.8, 4) is 11.4 Å². The number of H-pyrrole nitrogens is 1. The Kier molecular flexibility index (Phi) is 9.15. The summed E-state index contributed by atoms with van der Waals surface area (Å²) >= 11 is 0. The second-order valence-electron chi connectivity index (χ2n) is 5.86. The summed E-state index contributed by atoms with van der Waals surface area (Å²) < 4.78 is 65.2. The van der Waals surface area contributed by atoms with Gasteiger partial charge in [0, 0.05) is 24.2 Å². The third-order valence-electron chi connectivity index (χ3n) is 3.84. The Balaban J connectivity index is 0. The molecule has 0 radical (unpaired) electrons. The van der Waals surface area contributed by atoms with Crippen molar-refractivity contribution in [3.05, 3.63) is 70.1 Å². The van der Waals surface area contributed by atoms with Gasteiger partial charge in [-0.3, -0.25) is 19.0 Å². The first-order chi connectivity index (χ1) is 13.0. The maximum absolute atomic E-state index is 12.3. The standard InChI is InChI=1S/C16H14N2O8S2.2Na.2H/c19-13-8-12(27(21,22)23)9-14(28(24,25)26)16(13)18-15(20)7-11(17-18)6-10-4-2-1-3-5-10;;;;/h1-5,7-9,17,19H,6H2,(H,21,22,23)(H,24,25,26);;;;/q;2*+1;2*-1. The molecule has 3 rings (SSSR count). The largest absolute Gasteiger partial charge is 1.00 e. The number of phenolic OH excluding ortho intramolecular Hbond substituents is 1. The van der Waals surface area contributed by atoms with Gasteiger partial charge in [0.15, 0.2) is 0 Å². The van der Waals surface area contributed by atoms with Gasteiger partial charge in [0.1, 0.15) is 16.3 Å². The van der Waals surface area contributed by atoms with E-state index in [4.69, 9.17) is 4.55 Å². The molecule has 152 valence electrons. The van der Waals surface area contributed by atoms with Gasteiger partial charge in [0.05, 0.1) is 4.90 Å². The van der Waals surface area contributed by atoms with Crippen LogP contribution in [0.2, 0.25) is 0 Å². The fourth-order valence-corrected chi connectivity index (χ4v) is 3.97. The Morgan fingerprint density at radius 2 is 1.53 bits per heavy atom. The third kappa shape index (κ3) is 6.07. The predicted molar refractivity (Wildman–Crippen MR) is 99.2 cm³/mol. The number of aromatic hydroxyl groups is 1. The van der Waals surface area contributed by atoms with Crippen molar-refractivity contribution < 1.29 is 93.0 Å². The molecule has 1 heterocycles. The molecule has 0 bridgehead atoms. The number of nitrogens with zero attached hydrogens (tertiary/aromatic N) is 1. The van der Waals surface area contributed by atoms with Gasteiger partial charge in [-0.15, -0.1) is 0 Å². The molecule has 1 aromatic heterocycles. The summed E-state index contributed by atoms with van der Waals surface area (Å²) in [6.45, 7) is 0. The molecular formula is C16H16N2Na2O8S2. The molecule has 0 amide bonds. The number of hydrogen-bond acceptors (Lipinski definition) is 6. The molecular weight excluding hydrogens is 458 g/mol. The van der Waals surface area contributed by atoms with Crippen molar-refractivity contribution in [2.45, 2.75) is 16.2 Å². The molecule has 0 fully saturated rings. The molecule has 14 heteroatoms. The fraction of sp³-hybridized carbons (Fsp3) is 0.0625. The van der Waals surface area contributed by atoms with Gasteiger partial charge in [-0.25, -0.2) is 4.68 Å². The summed E-state index contributed by atoms with van der Waals surface area (Å²) in [6.07, 6.45) is 0.286. The Morgan fingerprint density at radius 3 is 2.07 bits per heavy atom. The number of nitrogens with one attached hydrogen (secondary N) is 1. The van der Waals surface area contributed by atoms with E-state index < -0.39 is 47.0 Å². The van der Waals surface area contributed by atoms with E-state index in [9.17, 15) is 31.3 Å². The topological polar surface area (TPSA) is 167 Å². The van der Waals surface area contributed by atoms with Crippen molar-refractivity contribution in [1.29, 1.82) is 0 Å².